The molecule has 0 aliphatic rings. The van der Waals surface area contributed by atoms with Gasteiger partial charge in [-0.2, -0.15) is 5.10 Å². The number of thiophene rings is 1. The van der Waals surface area contributed by atoms with Gasteiger partial charge < -0.3 is 10.1 Å². The summed E-state index contributed by atoms with van der Waals surface area (Å²) in [6.45, 7) is 5.71. The Bertz CT molecular complexity index is 1010. The average Bonchev–Trinajstić information content (AvgIpc) is 3.17. The second-order valence-corrected chi connectivity index (χ2v) is 8.24. The minimum Gasteiger partial charge on any atom is -0.467 e. The number of aryl methyl sites for hydroxylation is 1. The van der Waals surface area contributed by atoms with Crippen molar-refractivity contribution in [1.82, 2.24) is 15.1 Å². The zero-order valence-electron chi connectivity index (χ0n) is 15.5. The van der Waals surface area contributed by atoms with Crippen LogP contribution in [-0.4, -0.2) is 34.3 Å². The molecule has 0 aliphatic heterocycles. The van der Waals surface area contributed by atoms with Crippen LogP contribution in [0.4, 0.5) is 0 Å². The number of nitrogens with zero attached hydrogens (tertiary/aromatic N) is 2. The lowest BCUT2D eigenvalue weighted by Crippen LogP contribution is -2.50. The van der Waals surface area contributed by atoms with Gasteiger partial charge in [-0.05, 0) is 44.5 Å². The number of carbonyl (C=O) groups excluding carboxylic acids is 2. The van der Waals surface area contributed by atoms with Gasteiger partial charge in [-0.25, -0.2) is 4.79 Å². The largest absolute Gasteiger partial charge is 0.467 e. The van der Waals surface area contributed by atoms with Crippen LogP contribution < -0.4 is 5.32 Å². The number of methoxy groups -OCH3 is 1. The number of esters is 1. The van der Waals surface area contributed by atoms with E-state index in [9.17, 15) is 9.59 Å². The van der Waals surface area contributed by atoms with Crippen molar-refractivity contribution in [2.24, 2.45) is 0 Å². The molecule has 0 atom stereocenters. The highest BCUT2D eigenvalue weighted by atomic mass is 35.5. The third-order valence-electron chi connectivity index (χ3n) is 4.20. The number of aromatic nitrogens is 2. The Morgan fingerprint density at radius 2 is 1.96 bits per heavy atom. The van der Waals surface area contributed by atoms with Crippen LogP contribution in [0.15, 0.2) is 30.3 Å². The van der Waals surface area contributed by atoms with Crippen LogP contribution in [0.5, 0.6) is 0 Å². The maximum Gasteiger partial charge on any atom is 0.330 e. The fourth-order valence-corrected chi connectivity index (χ4v) is 3.93. The van der Waals surface area contributed by atoms with Gasteiger partial charge in [0.1, 0.15) is 10.4 Å². The van der Waals surface area contributed by atoms with Crippen molar-refractivity contribution >= 4 is 45.0 Å². The zero-order chi connectivity index (χ0) is 19.8. The van der Waals surface area contributed by atoms with Gasteiger partial charge in [-0.1, -0.05) is 23.7 Å². The molecule has 1 aromatic carbocycles. The molecule has 0 unspecified atom stereocenters. The summed E-state index contributed by atoms with van der Waals surface area (Å²) in [5.74, 6) is -0.814. The van der Waals surface area contributed by atoms with Crippen LogP contribution >= 0.6 is 22.9 Å². The number of amides is 1. The van der Waals surface area contributed by atoms with E-state index < -0.39 is 11.5 Å². The van der Waals surface area contributed by atoms with Crippen LogP contribution in [0.1, 0.15) is 34.8 Å². The van der Waals surface area contributed by atoms with E-state index in [4.69, 9.17) is 16.3 Å². The van der Waals surface area contributed by atoms with Crippen molar-refractivity contribution in [3.05, 3.63) is 51.5 Å². The molecule has 3 aromatic rings. The van der Waals surface area contributed by atoms with Gasteiger partial charge >= 0.3 is 5.97 Å². The summed E-state index contributed by atoms with van der Waals surface area (Å²) in [4.78, 5) is 25.8. The molecule has 1 amide bonds. The molecule has 0 spiro atoms. The molecule has 0 saturated carbocycles. The average molecular weight is 406 g/mol. The van der Waals surface area contributed by atoms with E-state index >= 15 is 0 Å². The van der Waals surface area contributed by atoms with Gasteiger partial charge in [0, 0.05) is 10.4 Å². The number of carbonyl (C=O) groups is 2. The summed E-state index contributed by atoms with van der Waals surface area (Å²) in [6, 6.07) is 9.39. The summed E-state index contributed by atoms with van der Waals surface area (Å²) in [5.41, 5.74) is 0.809. The lowest BCUT2D eigenvalue weighted by atomic mass is 10.1. The number of halogens is 1. The number of ether oxygens (including phenoxy) is 1. The number of hydrogen-bond acceptors (Lipinski definition) is 5. The van der Waals surface area contributed by atoms with Crippen molar-refractivity contribution in [3.63, 3.8) is 0 Å². The number of benzene rings is 1. The Labute approximate surface area is 166 Å². The standard InChI is InChI=1S/C19H20ClN3O3S/c1-11-14-9-15(16(24)21-19(2,3)18(25)26-4)27-17(14)23(22-11)10-12-5-7-13(20)8-6-12/h5-9H,10H2,1-4H3,(H,21,24). The SMILES string of the molecule is COC(=O)C(C)(C)NC(=O)c1cc2c(C)nn(Cc3ccc(Cl)cc3)c2s1. The van der Waals surface area contributed by atoms with E-state index in [1.807, 2.05) is 41.9 Å². The maximum absolute atomic E-state index is 12.6. The van der Waals surface area contributed by atoms with Gasteiger partial charge in [0.15, 0.2) is 0 Å². The Morgan fingerprint density at radius 1 is 1.30 bits per heavy atom. The first-order chi connectivity index (χ1) is 12.7. The molecule has 0 radical (unpaired) electrons. The van der Waals surface area contributed by atoms with E-state index in [0.29, 0.717) is 16.4 Å². The second-order valence-electron chi connectivity index (χ2n) is 6.77. The van der Waals surface area contributed by atoms with Crippen molar-refractivity contribution in [2.45, 2.75) is 32.9 Å². The third-order valence-corrected chi connectivity index (χ3v) is 5.60. The van der Waals surface area contributed by atoms with Gasteiger partial charge in [-0.15, -0.1) is 11.3 Å². The van der Waals surface area contributed by atoms with Crippen LogP contribution in [0.25, 0.3) is 10.2 Å². The van der Waals surface area contributed by atoms with Crippen molar-refractivity contribution < 1.29 is 14.3 Å². The molecule has 27 heavy (non-hydrogen) atoms. The Kier molecular flexibility index (Phi) is 5.26. The molecule has 142 valence electrons. The third kappa shape index (κ3) is 3.99. The molecule has 6 nitrogen and oxygen atoms in total. The van der Waals surface area contributed by atoms with Crippen LogP contribution in [0, 0.1) is 6.92 Å². The predicted molar refractivity (Wildman–Crippen MR) is 106 cm³/mol. The Hall–Kier alpha value is -2.38. The molecule has 0 aliphatic carbocycles. The summed E-state index contributed by atoms with van der Waals surface area (Å²) >= 11 is 7.29. The van der Waals surface area contributed by atoms with Crippen LogP contribution in [-0.2, 0) is 16.1 Å². The van der Waals surface area contributed by atoms with E-state index in [0.717, 1.165) is 21.5 Å². The van der Waals surface area contributed by atoms with E-state index in [1.54, 1.807) is 13.8 Å². The first-order valence-electron chi connectivity index (χ1n) is 8.33. The molecule has 2 heterocycles. The van der Waals surface area contributed by atoms with Crippen molar-refractivity contribution in [3.8, 4) is 0 Å². The smallest absolute Gasteiger partial charge is 0.330 e. The van der Waals surface area contributed by atoms with Crippen LogP contribution in [0.3, 0.4) is 0 Å². The molecule has 3 rings (SSSR count). The van der Waals surface area contributed by atoms with Gasteiger partial charge in [0.2, 0.25) is 0 Å². The number of fused-ring (bicyclic) bond motifs is 1. The van der Waals surface area contributed by atoms with E-state index in [2.05, 4.69) is 10.4 Å². The van der Waals surface area contributed by atoms with E-state index in [1.165, 1.54) is 18.4 Å². The van der Waals surface area contributed by atoms with Gasteiger partial charge in [0.25, 0.3) is 5.91 Å². The summed E-state index contributed by atoms with van der Waals surface area (Å²) in [6.07, 6.45) is 0. The predicted octanol–water partition coefficient (Wildman–Crippen LogP) is 3.79. The van der Waals surface area contributed by atoms with E-state index in [-0.39, 0.29) is 5.91 Å². The number of rotatable bonds is 5. The maximum atomic E-state index is 12.6. The first kappa shape index (κ1) is 19.4. The van der Waals surface area contributed by atoms with Crippen molar-refractivity contribution in [1.29, 1.82) is 0 Å². The quantitative estimate of drug-likeness (QED) is 0.655. The highest BCUT2D eigenvalue weighted by Crippen LogP contribution is 2.29. The molecule has 8 heteroatoms. The fourth-order valence-electron chi connectivity index (χ4n) is 2.75. The minimum atomic E-state index is -1.10. The molecule has 0 fully saturated rings. The highest BCUT2D eigenvalue weighted by Gasteiger charge is 2.31. The second kappa shape index (κ2) is 7.32. The molecular weight excluding hydrogens is 386 g/mol. The molecular formula is C19H20ClN3O3S. The number of hydrogen-bond donors (Lipinski definition) is 1. The summed E-state index contributed by atoms with van der Waals surface area (Å²) < 4.78 is 6.61. The number of nitrogens with one attached hydrogen (secondary N) is 1. The molecule has 0 bridgehead atoms. The summed E-state index contributed by atoms with van der Waals surface area (Å²) in [5, 5.41) is 8.90. The monoisotopic (exact) mass is 405 g/mol. The lowest BCUT2D eigenvalue weighted by Gasteiger charge is -2.22. The Balaban J connectivity index is 1.88. The molecule has 1 N–H and O–H groups in total. The minimum absolute atomic E-state index is 0.316. The van der Waals surface area contributed by atoms with Crippen LogP contribution in [0.2, 0.25) is 5.02 Å². The van der Waals surface area contributed by atoms with Gasteiger partial charge in [-0.3, -0.25) is 9.48 Å². The van der Waals surface area contributed by atoms with Gasteiger partial charge in [0.05, 0.1) is 24.2 Å². The van der Waals surface area contributed by atoms with Crippen molar-refractivity contribution in [2.75, 3.05) is 7.11 Å². The normalized spacial score (nSPS) is 11.6. The molecule has 0 saturated heterocycles. The first-order valence-corrected chi connectivity index (χ1v) is 9.53. The summed E-state index contributed by atoms with van der Waals surface area (Å²) in [7, 11) is 1.30. The highest BCUT2D eigenvalue weighted by molar-refractivity contribution is 7.20. The lowest BCUT2D eigenvalue weighted by molar-refractivity contribution is -0.146. The Morgan fingerprint density at radius 3 is 2.59 bits per heavy atom. The zero-order valence-corrected chi connectivity index (χ0v) is 17.1. The molecule has 2 aromatic heterocycles. The topological polar surface area (TPSA) is 73.2 Å². The fraction of sp³-hybridized carbons (Fsp3) is 0.316.